The van der Waals surface area contributed by atoms with Gasteiger partial charge < -0.3 is 15.7 Å². The molecule has 0 radical (unpaired) electrons. The summed E-state index contributed by atoms with van der Waals surface area (Å²) in [5, 5.41) is 15.0. The molecule has 0 aliphatic rings. The Kier molecular flexibility index (Phi) is 6.32. The van der Waals surface area contributed by atoms with Gasteiger partial charge in [-0.1, -0.05) is 60.7 Å². The number of carbonyl (C=O) groups is 2. The van der Waals surface area contributed by atoms with Gasteiger partial charge in [0.05, 0.1) is 6.54 Å². The van der Waals surface area contributed by atoms with Crippen LogP contribution in [0, 0.1) is 0 Å². The topological polar surface area (TPSA) is 78.4 Å². The molecule has 5 nitrogen and oxygen atoms in total. The van der Waals surface area contributed by atoms with E-state index in [4.69, 9.17) is 0 Å². The number of aliphatic hydroxyl groups is 1. The van der Waals surface area contributed by atoms with E-state index in [-0.39, 0.29) is 12.5 Å². The number of hydrogen-bond acceptors (Lipinski definition) is 3. The van der Waals surface area contributed by atoms with Crippen molar-refractivity contribution in [3.05, 3.63) is 71.8 Å². The summed E-state index contributed by atoms with van der Waals surface area (Å²) in [4.78, 5) is 23.5. The zero-order valence-electron chi connectivity index (χ0n) is 12.7. The van der Waals surface area contributed by atoms with Crippen LogP contribution < -0.4 is 10.6 Å². The molecule has 3 N–H and O–H groups in total. The van der Waals surface area contributed by atoms with Crippen LogP contribution in [0.25, 0.3) is 0 Å². The maximum Gasteiger partial charge on any atom is 0.253 e. The molecule has 2 rings (SSSR count). The molecule has 0 aromatic heterocycles. The molecule has 0 saturated carbocycles. The summed E-state index contributed by atoms with van der Waals surface area (Å²) in [5.74, 6) is -0.871. The van der Waals surface area contributed by atoms with Crippen LogP contribution in [0.3, 0.4) is 0 Å². The number of rotatable bonds is 7. The highest BCUT2D eigenvalue weighted by Crippen LogP contribution is 2.11. The molecule has 2 amide bonds. The van der Waals surface area contributed by atoms with Crippen LogP contribution in [-0.4, -0.2) is 30.0 Å². The van der Waals surface area contributed by atoms with Gasteiger partial charge in [-0.25, -0.2) is 0 Å². The molecule has 0 aliphatic heterocycles. The van der Waals surface area contributed by atoms with E-state index in [1.54, 1.807) is 30.3 Å². The third-order valence-electron chi connectivity index (χ3n) is 3.37. The minimum Gasteiger partial charge on any atom is -0.378 e. The molecule has 1 atom stereocenters. The lowest BCUT2D eigenvalue weighted by molar-refractivity contribution is -0.132. The molecule has 0 heterocycles. The van der Waals surface area contributed by atoms with E-state index < -0.39 is 12.0 Å². The van der Waals surface area contributed by atoms with Gasteiger partial charge in [0.1, 0.15) is 0 Å². The Morgan fingerprint density at radius 2 is 1.52 bits per heavy atom. The second-order valence-corrected chi connectivity index (χ2v) is 5.12. The van der Waals surface area contributed by atoms with Gasteiger partial charge in [0.15, 0.2) is 6.10 Å². The van der Waals surface area contributed by atoms with Crippen LogP contribution in [-0.2, 0) is 16.0 Å². The highest BCUT2D eigenvalue weighted by molar-refractivity contribution is 5.87. The molecule has 0 spiro atoms. The number of benzene rings is 2. The van der Waals surface area contributed by atoms with Gasteiger partial charge in [-0.2, -0.15) is 0 Å². The summed E-state index contributed by atoms with van der Waals surface area (Å²) in [7, 11) is 0. The van der Waals surface area contributed by atoms with E-state index in [0.717, 1.165) is 12.0 Å². The lowest BCUT2D eigenvalue weighted by atomic mass is 10.1. The third-order valence-corrected chi connectivity index (χ3v) is 3.37. The van der Waals surface area contributed by atoms with Gasteiger partial charge in [-0.3, -0.25) is 9.59 Å². The van der Waals surface area contributed by atoms with Gasteiger partial charge in [0.25, 0.3) is 5.91 Å². The Bertz CT molecular complexity index is 629. The number of amides is 2. The van der Waals surface area contributed by atoms with Crippen LogP contribution in [0.4, 0.5) is 0 Å². The first-order chi connectivity index (χ1) is 11.2. The fraction of sp³-hybridized carbons (Fsp3) is 0.222. The van der Waals surface area contributed by atoms with Crippen molar-refractivity contribution >= 4 is 11.8 Å². The molecule has 2 aromatic carbocycles. The summed E-state index contributed by atoms with van der Waals surface area (Å²) in [6, 6.07) is 18.4. The van der Waals surface area contributed by atoms with Crippen molar-refractivity contribution in [2.24, 2.45) is 0 Å². The van der Waals surface area contributed by atoms with Crippen LogP contribution in [0.2, 0.25) is 0 Å². The van der Waals surface area contributed by atoms with Crippen molar-refractivity contribution in [3.63, 3.8) is 0 Å². The minimum atomic E-state index is -1.27. The highest BCUT2D eigenvalue weighted by Gasteiger charge is 2.17. The van der Waals surface area contributed by atoms with E-state index in [2.05, 4.69) is 10.6 Å². The van der Waals surface area contributed by atoms with E-state index in [0.29, 0.717) is 12.1 Å². The van der Waals surface area contributed by atoms with Gasteiger partial charge in [0.2, 0.25) is 5.91 Å². The first-order valence-electron chi connectivity index (χ1n) is 7.48. The predicted molar refractivity (Wildman–Crippen MR) is 87.6 cm³/mol. The normalized spacial score (nSPS) is 11.5. The Balaban J connectivity index is 1.68. The van der Waals surface area contributed by atoms with Gasteiger partial charge >= 0.3 is 0 Å². The Labute approximate surface area is 135 Å². The quantitative estimate of drug-likeness (QED) is 0.719. The average molecular weight is 312 g/mol. The molecule has 2 aromatic rings. The van der Waals surface area contributed by atoms with Gasteiger partial charge in [-0.05, 0) is 17.5 Å². The van der Waals surface area contributed by atoms with E-state index in [1.165, 1.54) is 0 Å². The number of carbonyl (C=O) groups excluding carboxylic acids is 2. The lowest BCUT2D eigenvalue weighted by Gasteiger charge is -2.11. The van der Waals surface area contributed by atoms with E-state index in [1.807, 2.05) is 30.3 Å². The second kappa shape index (κ2) is 8.70. The first-order valence-corrected chi connectivity index (χ1v) is 7.48. The molecular weight excluding hydrogens is 292 g/mol. The summed E-state index contributed by atoms with van der Waals surface area (Å²) in [5.41, 5.74) is 1.63. The van der Waals surface area contributed by atoms with Crippen molar-refractivity contribution in [3.8, 4) is 0 Å². The maximum absolute atomic E-state index is 11.8. The van der Waals surface area contributed by atoms with Crippen LogP contribution in [0.1, 0.15) is 17.2 Å². The molecule has 5 heteroatoms. The Hall–Kier alpha value is -2.66. The molecule has 0 aliphatic carbocycles. The first kappa shape index (κ1) is 16.7. The number of aliphatic hydroxyl groups excluding tert-OH is 1. The van der Waals surface area contributed by atoms with Crippen molar-refractivity contribution in [1.82, 2.24) is 10.6 Å². The molecule has 0 fully saturated rings. The van der Waals surface area contributed by atoms with Crippen molar-refractivity contribution in [2.45, 2.75) is 12.5 Å². The van der Waals surface area contributed by atoms with Gasteiger partial charge in [0, 0.05) is 6.54 Å². The highest BCUT2D eigenvalue weighted by atomic mass is 16.3. The minimum absolute atomic E-state index is 0.155. The van der Waals surface area contributed by atoms with Crippen molar-refractivity contribution in [1.29, 1.82) is 0 Å². The average Bonchev–Trinajstić information content (AvgIpc) is 2.60. The fourth-order valence-corrected chi connectivity index (χ4v) is 2.10. The monoisotopic (exact) mass is 312 g/mol. The Morgan fingerprint density at radius 3 is 2.17 bits per heavy atom. The lowest BCUT2D eigenvalue weighted by Crippen LogP contribution is -2.39. The van der Waals surface area contributed by atoms with E-state index >= 15 is 0 Å². The maximum atomic E-state index is 11.8. The zero-order valence-corrected chi connectivity index (χ0v) is 12.7. The number of nitrogens with one attached hydrogen (secondary N) is 2. The smallest absolute Gasteiger partial charge is 0.253 e. The largest absolute Gasteiger partial charge is 0.378 e. The fourth-order valence-electron chi connectivity index (χ4n) is 2.10. The molecule has 23 heavy (non-hydrogen) atoms. The standard InChI is InChI=1S/C18H20N2O3/c21-16(19-12-11-14-7-3-1-4-8-14)13-20-18(23)17(22)15-9-5-2-6-10-15/h1-10,17,22H,11-13H2,(H,19,21)(H,20,23). The molecular formula is C18H20N2O3. The van der Waals surface area contributed by atoms with Crippen LogP contribution in [0.5, 0.6) is 0 Å². The molecule has 0 bridgehead atoms. The third kappa shape index (κ3) is 5.56. The number of hydrogen-bond donors (Lipinski definition) is 3. The summed E-state index contributed by atoms with van der Waals surface area (Å²) in [6.45, 7) is 0.345. The van der Waals surface area contributed by atoms with Crippen LogP contribution >= 0.6 is 0 Å². The second-order valence-electron chi connectivity index (χ2n) is 5.12. The SMILES string of the molecule is O=C(CNC(=O)C(O)c1ccccc1)NCCc1ccccc1. The Morgan fingerprint density at radius 1 is 0.913 bits per heavy atom. The molecule has 120 valence electrons. The zero-order chi connectivity index (χ0) is 16.5. The molecule has 1 unspecified atom stereocenters. The predicted octanol–water partition coefficient (Wildman–Crippen LogP) is 1.20. The van der Waals surface area contributed by atoms with Crippen LogP contribution in [0.15, 0.2) is 60.7 Å². The summed E-state index contributed by atoms with van der Waals surface area (Å²) >= 11 is 0. The van der Waals surface area contributed by atoms with Gasteiger partial charge in [-0.15, -0.1) is 0 Å². The van der Waals surface area contributed by atoms with Crippen molar-refractivity contribution in [2.75, 3.05) is 13.1 Å². The summed E-state index contributed by atoms with van der Waals surface area (Å²) in [6.07, 6.45) is -0.541. The van der Waals surface area contributed by atoms with E-state index in [9.17, 15) is 14.7 Å². The summed E-state index contributed by atoms with van der Waals surface area (Å²) < 4.78 is 0. The molecule has 0 saturated heterocycles. The van der Waals surface area contributed by atoms with Crippen molar-refractivity contribution < 1.29 is 14.7 Å².